The fraction of sp³-hybridized carbons (Fsp3) is 0.750. The van der Waals surface area contributed by atoms with Gasteiger partial charge in [0.1, 0.15) is 5.69 Å². The van der Waals surface area contributed by atoms with Crippen molar-refractivity contribution in [3.63, 3.8) is 0 Å². The predicted octanol–water partition coefficient (Wildman–Crippen LogP) is 0.817. The second kappa shape index (κ2) is 6.67. The van der Waals surface area contributed by atoms with Crippen molar-refractivity contribution in [2.75, 3.05) is 31.6 Å². The van der Waals surface area contributed by atoms with Gasteiger partial charge in [-0.05, 0) is 32.9 Å². The van der Waals surface area contributed by atoms with Gasteiger partial charge < -0.3 is 15.4 Å². The van der Waals surface area contributed by atoms with Crippen molar-refractivity contribution < 1.29 is 9.66 Å². The minimum Gasteiger partial charge on any atom is -0.376 e. The van der Waals surface area contributed by atoms with Crippen LogP contribution in [0.2, 0.25) is 0 Å². The summed E-state index contributed by atoms with van der Waals surface area (Å²) in [5.41, 5.74) is 0.452. The van der Waals surface area contributed by atoms with Crippen molar-refractivity contribution in [1.82, 2.24) is 15.1 Å². The van der Waals surface area contributed by atoms with Crippen LogP contribution in [0.25, 0.3) is 0 Å². The molecule has 0 saturated carbocycles. The molecule has 2 heterocycles. The second-order valence-corrected chi connectivity index (χ2v) is 4.91. The lowest BCUT2D eigenvalue weighted by Crippen LogP contribution is -2.33. The number of piperidine rings is 1. The molecule has 112 valence electrons. The lowest BCUT2D eigenvalue weighted by atomic mass is 10.1. The Morgan fingerprint density at radius 2 is 2.25 bits per heavy atom. The summed E-state index contributed by atoms with van der Waals surface area (Å²) in [7, 11) is 1.69. The summed E-state index contributed by atoms with van der Waals surface area (Å²) in [5.74, 6) is 0.432. The molecule has 1 aromatic heterocycles. The van der Waals surface area contributed by atoms with Gasteiger partial charge in [0.2, 0.25) is 5.82 Å². The van der Waals surface area contributed by atoms with Gasteiger partial charge in [0.25, 0.3) is 0 Å². The number of ether oxygens (including phenoxy) is 1. The molecule has 8 heteroatoms. The highest BCUT2D eigenvalue weighted by molar-refractivity contribution is 5.59. The Kier molecular flexibility index (Phi) is 4.91. The zero-order chi connectivity index (χ0) is 14.5. The van der Waals surface area contributed by atoms with Crippen LogP contribution >= 0.6 is 0 Å². The smallest absolute Gasteiger partial charge is 0.333 e. The van der Waals surface area contributed by atoms with Crippen molar-refractivity contribution in [2.45, 2.75) is 25.9 Å². The Balaban J connectivity index is 1.83. The van der Waals surface area contributed by atoms with Crippen molar-refractivity contribution in [1.29, 1.82) is 0 Å². The van der Waals surface area contributed by atoms with Gasteiger partial charge in [-0.3, -0.25) is 10.1 Å². The first-order chi connectivity index (χ1) is 9.59. The van der Waals surface area contributed by atoms with E-state index in [0.29, 0.717) is 30.8 Å². The van der Waals surface area contributed by atoms with Crippen LogP contribution in [0.1, 0.15) is 18.5 Å². The van der Waals surface area contributed by atoms with Crippen LogP contribution in [0.5, 0.6) is 0 Å². The van der Waals surface area contributed by atoms with Gasteiger partial charge in [0.15, 0.2) is 0 Å². The molecule has 0 aliphatic carbocycles. The molecule has 20 heavy (non-hydrogen) atoms. The molecule has 1 fully saturated rings. The van der Waals surface area contributed by atoms with Gasteiger partial charge in [-0.15, -0.1) is 0 Å². The van der Waals surface area contributed by atoms with Crippen molar-refractivity contribution in [3.05, 3.63) is 15.8 Å². The minimum atomic E-state index is -0.404. The van der Waals surface area contributed by atoms with E-state index >= 15 is 0 Å². The number of hydrogen-bond acceptors (Lipinski definition) is 6. The lowest BCUT2D eigenvalue weighted by Gasteiger charge is -2.23. The first-order valence-electron chi connectivity index (χ1n) is 6.83. The van der Waals surface area contributed by atoms with Crippen LogP contribution in [0.3, 0.4) is 0 Å². The minimum absolute atomic E-state index is 0.0365. The zero-order valence-electron chi connectivity index (χ0n) is 11.9. The highest BCUT2D eigenvalue weighted by atomic mass is 16.6. The molecule has 0 bridgehead atoms. The Morgan fingerprint density at radius 1 is 1.55 bits per heavy atom. The van der Waals surface area contributed by atoms with Crippen LogP contribution in [-0.2, 0) is 11.8 Å². The number of hydrogen-bond donors (Lipinski definition) is 2. The van der Waals surface area contributed by atoms with Crippen LogP contribution in [-0.4, -0.2) is 47.0 Å². The van der Waals surface area contributed by atoms with Crippen molar-refractivity contribution >= 4 is 11.5 Å². The standard InChI is InChI=1S/C12H21N5O3/c1-9-11(17(18)19)12(16(2)15-9)14-7-8-20-10-3-5-13-6-4-10/h10,13-14H,3-8H2,1-2H3. The summed E-state index contributed by atoms with van der Waals surface area (Å²) in [6.45, 7) is 4.68. The van der Waals surface area contributed by atoms with E-state index in [1.807, 2.05) is 0 Å². The highest BCUT2D eigenvalue weighted by Crippen LogP contribution is 2.26. The van der Waals surface area contributed by atoms with Gasteiger partial charge in [-0.1, -0.05) is 0 Å². The third kappa shape index (κ3) is 3.45. The number of rotatable bonds is 6. The number of nitrogens with one attached hydrogen (secondary N) is 2. The molecule has 0 unspecified atom stereocenters. The zero-order valence-corrected chi connectivity index (χ0v) is 11.9. The summed E-state index contributed by atoms with van der Waals surface area (Å²) in [6, 6.07) is 0. The normalized spacial score (nSPS) is 16.3. The number of aryl methyl sites for hydroxylation is 2. The highest BCUT2D eigenvalue weighted by Gasteiger charge is 2.23. The maximum atomic E-state index is 11.0. The summed E-state index contributed by atoms with van der Waals surface area (Å²) < 4.78 is 7.25. The molecule has 1 aliphatic rings. The molecule has 1 saturated heterocycles. The Morgan fingerprint density at radius 3 is 2.90 bits per heavy atom. The van der Waals surface area contributed by atoms with Crippen LogP contribution in [0.4, 0.5) is 11.5 Å². The van der Waals surface area contributed by atoms with Gasteiger partial charge in [0.05, 0.1) is 17.6 Å². The van der Waals surface area contributed by atoms with Crippen LogP contribution in [0, 0.1) is 17.0 Å². The van der Waals surface area contributed by atoms with Crippen LogP contribution < -0.4 is 10.6 Å². The van der Waals surface area contributed by atoms with E-state index in [-0.39, 0.29) is 5.69 Å². The maximum absolute atomic E-state index is 11.0. The summed E-state index contributed by atoms with van der Waals surface area (Å²) in [5, 5.41) is 21.4. The molecule has 8 nitrogen and oxygen atoms in total. The molecule has 0 radical (unpaired) electrons. The van der Waals surface area contributed by atoms with Gasteiger partial charge in [-0.25, -0.2) is 4.68 Å². The lowest BCUT2D eigenvalue weighted by molar-refractivity contribution is -0.384. The molecule has 0 spiro atoms. The first kappa shape index (κ1) is 14.7. The average molecular weight is 283 g/mol. The Hall–Kier alpha value is -1.67. The van der Waals surface area contributed by atoms with E-state index in [1.54, 1.807) is 14.0 Å². The molecule has 2 N–H and O–H groups in total. The Labute approximate surface area is 117 Å². The van der Waals surface area contributed by atoms with E-state index in [4.69, 9.17) is 4.74 Å². The Bertz CT molecular complexity index is 468. The first-order valence-corrected chi connectivity index (χ1v) is 6.83. The van der Waals surface area contributed by atoms with Crippen molar-refractivity contribution in [3.8, 4) is 0 Å². The largest absolute Gasteiger partial charge is 0.376 e. The number of anilines is 1. The summed E-state index contributed by atoms with van der Waals surface area (Å²) in [6.07, 6.45) is 2.33. The van der Waals surface area contributed by atoms with Crippen LogP contribution in [0.15, 0.2) is 0 Å². The average Bonchev–Trinajstić information content (AvgIpc) is 2.70. The number of aromatic nitrogens is 2. The maximum Gasteiger partial charge on any atom is 0.333 e. The quantitative estimate of drug-likeness (QED) is 0.456. The number of nitrogens with zero attached hydrogens (tertiary/aromatic N) is 3. The predicted molar refractivity (Wildman–Crippen MR) is 74.9 cm³/mol. The third-order valence-corrected chi connectivity index (χ3v) is 3.41. The topological polar surface area (TPSA) is 94.2 Å². The van der Waals surface area contributed by atoms with Gasteiger partial charge in [-0.2, -0.15) is 5.10 Å². The van der Waals surface area contributed by atoms with E-state index < -0.39 is 4.92 Å². The van der Waals surface area contributed by atoms with Gasteiger partial charge >= 0.3 is 5.69 Å². The molecule has 0 aromatic carbocycles. The van der Waals surface area contributed by atoms with Gasteiger partial charge in [0, 0.05) is 13.6 Å². The molecule has 1 aliphatic heterocycles. The SMILES string of the molecule is Cc1nn(C)c(NCCOC2CCNCC2)c1[N+](=O)[O-]. The molecule has 0 amide bonds. The monoisotopic (exact) mass is 283 g/mol. The fourth-order valence-electron chi connectivity index (χ4n) is 2.42. The van der Waals surface area contributed by atoms with E-state index in [0.717, 1.165) is 25.9 Å². The molecule has 2 rings (SSSR count). The van der Waals surface area contributed by atoms with E-state index in [1.165, 1.54) is 4.68 Å². The van der Waals surface area contributed by atoms with E-state index in [2.05, 4.69) is 15.7 Å². The fourth-order valence-corrected chi connectivity index (χ4v) is 2.42. The summed E-state index contributed by atoms with van der Waals surface area (Å²) in [4.78, 5) is 10.6. The number of nitro groups is 1. The molecule has 1 aromatic rings. The molecular formula is C12H21N5O3. The molecular weight excluding hydrogens is 262 g/mol. The summed E-state index contributed by atoms with van der Waals surface area (Å²) >= 11 is 0. The second-order valence-electron chi connectivity index (χ2n) is 4.91. The van der Waals surface area contributed by atoms with E-state index in [9.17, 15) is 10.1 Å². The molecule has 0 atom stereocenters. The van der Waals surface area contributed by atoms with Crippen molar-refractivity contribution in [2.24, 2.45) is 7.05 Å². The third-order valence-electron chi connectivity index (χ3n) is 3.41.